The fraction of sp³-hybridized carbons (Fsp3) is 0.300. The maximum absolute atomic E-state index is 2.75. The Morgan fingerprint density at radius 2 is 0.930 bits per heavy atom. The fourth-order valence-electron chi connectivity index (χ4n) is 8.21. The molecule has 0 spiro atoms. The third-order valence-electron chi connectivity index (χ3n) is 9.74. The molecular formula is C40H42Cl2Zr. The molecule has 4 aromatic carbocycles. The molecule has 0 nitrogen and oxygen atoms in total. The number of hydrogen-bond donors (Lipinski definition) is 0. The first kappa shape index (κ1) is 32.2. The summed E-state index contributed by atoms with van der Waals surface area (Å²) < 4.78 is 4.41. The summed E-state index contributed by atoms with van der Waals surface area (Å²) in [6.45, 7) is 9.65. The minimum atomic E-state index is -2.75. The largest absolute Gasteiger partial charge is 1.00 e. The minimum Gasteiger partial charge on any atom is -1.00 e. The van der Waals surface area contributed by atoms with Crippen molar-refractivity contribution in [3.63, 3.8) is 0 Å². The van der Waals surface area contributed by atoms with Gasteiger partial charge in [0.05, 0.1) is 0 Å². The number of benzene rings is 4. The number of rotatable bonds is 8. The van der Waals surface area contributed by atoms with E-state index in [1.165, 1.54) is 54.5 Å². The Kier molecular flexibility index (Phi) is 9.78. The van der Waals surface area contributed by atoms with Crippen LogP contribution in [0, 0.1) is 11.8 Å². The van der Waals surface area contributed by atoms with Crippen molar-refractivity contribution >= 4 is 12.2 Å². The molecule has 1 heterocycles. The van der Waals surface area contributed by atoms with Crippen LogP contribution in [-0.4, -0.2) is 0 Å². The molecule has 2 aliphatic carbocycles. The predicted molar refractivity (Wildman–Crippen MR) is 174 cm³/mol. The molecule has 0 saturated carbocycles. The van der Waals surface area contributed by atoms with Gasteiger partial charge in [-0.1, -0.05) is 0 Å². The van der Waals surface area contributed by atoms with Crippen molar-refractivity contribution in [2.45, 2.75) is 56.0 Å². The van der Waals surface area contributed by atoms with E-state index in [-0.39, 0.29) is 24.8 Å². The van der Waals surface area contributed by atoms with E-state index in [4.69, 9.17) is 0 Å². The maximum Gasteiger partial charge on any atom is -1.00 e. The zero-order valence-corrected chi connectivity index (χ0v) is 29.8. The molecule has 0 N–H and O–H groups in total. The summed E-state index contributed by atoms with van der Waals surface area (Å²) in [6.07, 6.45) is 7.75. The SMILES string of the molecule is CC(C)CC1=Cc2c(-c3ccccc3)cccc2[CH]1[Zr+2]1([CH]2C(CC(C)C)=Cc3c(-c4ccccc4)cccc32)[CH2][CH2]1.[Cl-].[Cl-]. The molecule has 0 aromatic heterocycles. The second-order valence-corrected chi connectivity index (χ2v) is 24.9. The summed E-state index contributed by atoms with van der Waals surface area (Å²) in [5.41, 5.74) is 15.4. The summed E-state index contributed by atoms with van der Waals surface area (Å²) in [7, 11) is 0. The Labute approximate surface area is 275 Å². The Bertz CT molecular complexity index is 1520. The third kappa shape index (κ3) is 5.83. The van der Waals surface area contributed by atoms with E-state index in [0.717, 1.165) is 0 Å². The molecule has 0 radical (unpaired) electrons. The summed E-state index contributed by atoms with van der Waals surface area (Å²) in [5.74, 6) is 1.35. The first-order valence-electron chi connectivity index (χ1n) is 15.7. The van der Waals surface area contributed by atoms with Crippen molar-refractivity contribution in [3.05, 3.63) is 130 Å². The molecule has 7 rings (SSSR count). The van der Waals surface area contributed by atoms with E-state index in [1.807, 2.05) is 0 Å². The van der Waals surface area contributed by atoms with Crippen LogP contribution in [0.3, 0.4) is 0 Å². The zero-order chi connectivity index (χ0) is 28.1. The van der Waals surface area contributed by atoms with Gasteiger partial charge in [-0.2, -0.15) is 0 Å². The zero-order valence-electron chi connectivity index (χ0n) is 25.8. The van der Waals surface area contributed by atoms with Crippen LogP contribution in [0.25, 0.3) is 34.4 Å². The van der Waals surface area contributed by atoms with Gasteiger partial charge in [-0.3, -0.25) is 0 Å². The molecule has 3 aliphatic rings. The van der Waals surface area contributed by atoms with Crippen LogP contribution in [0.1, 0.15) is 70.0 Å². The molecule has 2 unspecified atom stereocenters. The molecular weight excluding hydrogens is 643 g/mol. The van der Waals surface area contributed by atoms with Crippen molar-refractivity contribution in [3.8, 4) is 22.3 Å². The van der Waals surface area contributed by atoms with Crippen molar-refractivity contribution < 1.29 is 45.1 Å². The van der Waals surface area contributed by atoms with Crippen LogP contribution in [-0.2, 0) is 20.3 Å². The van der Waals surface area contributed by atoms with E-state index in [2.05, 4.69) is 137 Å². The monoisotopic (exact) mass is 682 g/mol. The van der Waals surface area contributed by atoms with Crippen LogP contribution in [0.2, 0.25) is 8.26 Å². The van der Waals surface area contributed by atoms with Crippen molar-refractivity contribution in [2.75, 3.05) is 0 Å². The van der Waals surface area contributed by atoms with E-state index in [9.17, 15) is 0 Å². The van der Waals surface area contributed by atoms with Gasteiger partial charge >= 0.3 is 253 Å². The molecule has 1 aliphatic heterocycles. The molecule has 0 amide bonds. The molecule has 43 heavy (non-hydrogen) atoms. The van der Waals surface area contributed by atoms with Gasteiger partial charge in [0.1, 0.15) is 0 Å². The second-order valence-electron chi connectivity index (χ2n) is 13.6. The average Bonchev–Trinajstić information content (AvgIpc) is 3.53. The first-order chi connectivity index (χ1) is 20.0. The molecule has 1 fully saturated rings. The number of allylic oxidation sites excluding steroid dienone is 2. The molecule has 1 saturated heterocycles. The van der Waals surface area contributed by atoms with E-state index >= 15 is 0 Å². The van der Waals surface area contributed by atoms with Gasteiger partial charge in [0.2, 0.25) is 0 Å². The summed E-state index contributed by atoms with van der Waals surface area (Å²) in [4.78, 5) is 0. The summed E-state index contributed by atoms with van der Waals surface area (Å²) in [5, 5.41) is 0. The normalized spacial score (nSPS) is 18.5. The van der Waals surface area contributed by atoms with Crippen LogP contribution in [0.4, 0.5) is 0 Å². The average molecular weight is 685 g/mol. The molecule has 3 heteroatoms. The quantitative estimate of drug-likeness (QED) is 0.224. The van der Waals surface area contributed by atoms with Gasteiger partial charge in [0.25, 0.3) is 0 Å². The van der Waals surface area contributed by atoms with Crippen LogP contribution in [0.15, 0.2) is 108 Å². The van der Waals surface area contributed by atoms with Gasteiger partial charge in [0, 0.05) is 0 Å². The third-order valence-corrected chi connectivity index (χ3v) is 22.8. The van der Waals surface area contributed by atoms with Gasteiger partial charge in [0.15, 0.2) is 0 Å². The molecule has 2 atom stereocenters. The van der Waals surface area contributed by atoms with Crippen molar-refractivity contribution in [2.24, 2.45) is 11.8 Å². The Balaban J connectivity index is 0.00000184. The van der Waals surface area contributed by atoms with E-state index < -0.39 is 20.3 Å². The maximum atomic E-state index is 2.65. The Morgan fingerprint density at radius 1 is 0.535 bits per heavy atom. The van der Waals surface area contributed by atoms with Crippen molar-refractivity contribution in [1.82, 2.24) is 0 Å². The van der Waals surface area contributed by atoms with Gasteiger partial charge < -0.3 is 24.8 Å². The topological polar surface area (TPSA) is 0 Å². The van der Waals surface area contributed by atoms with Gasteiger partial charge in [-0.25, -0.2) is 0 Å². The predicted octanol–water partition coefficient (Wildman–Crippen LogP) is 5.70. The van der Waals surface area contributed by atoms with E-state index in [1.54, 1.807) is 22.3 Å². The molecule has 220 valence electrons. The number of hydrogen-bond acceptors (Lipinski definition) is 0. The number of fused-ring (bicyclic) bond motifs is 2. The molecule has 0 bridgehead atoms. The minimum absolute atomic E-state index is 0. The fourth-order valence-corrected chi connectivity index (χ4v) is 25.7. The Morgan fingerprint density at radius 3 is 1.28 bits per heavy atom. The first-order valence-corrected chi connectivity index (χ1v) is 22.1. The van der Waals surface area contributed by atoms with E-state index in [0.29, 0.717) is 19.1 Å². The van der Waals surface area contributed by atoms with Crippen molar-refractivity contribution in [1.29, 1.82) is 0 Å². The van der Waals surface area contributed by atoms with Crippen LogP contribution in [0.5, 0.6) is 0 Å². The molecule has 4 aromatic rings. The van der Waals surface area contributed by atoms with Gasteiger partial charge in [-0.15, -0.1) is 0 Å². The van der Waals surface area contributed by atoms with Gasteiger partial charge in [-0.05, 0) is 0 Å². The number of halogens is 2. The second kappa shape index (κ2) is 13.0. The smallest absolute Gasteiger partial charge is 1.00 e. The van der Waals surface area contributed by atoms with Crippen LogP contribution < -0.4 is 24.8 Å². The standard InChI is InChI=1S/2C19H19.C2H4.2ClH.Zr/c2*1-14(2)11-15-12-17-9-6-10-18(19(17)13-15)16-7-4-3-5-8-16;1-2;;;/h2*3-10,12-14H,11H2,1-2H3;1-2H2;2*1H;/q;;;;;+2/p-2. The summed E-state index contributed by atoms with van der Waals surface area (Å²) >= 11 is -2.75. The summed E-state index contributed by atoms with van der Waals surface area (Å²) in [6, 6.07) is 36.6. The Hall–Kier alpha value is -2.18. The van der Waals surface area contributed by atoms with Crippen LogP contribution >= 0.6 is 0 Å².